The van der Waals surface area contributed by atoms with Gasteiger partial charge in [0.1, 0.15) is 5.52 Å². The second-order valence-corrected chi connectivity index (χ2v) is 4.94. The Hall–Kier alpha value is -2.10. The minimum absolute atomic E-state index is 0.478. The van der Waals surface area contributed by atoms with Gasteiger partial charge in [-0.1, -0.05) is 19.9 Å². The maximum absolute atomic E-state index is 5.59. The van der Waals surface area contributed by atoms with Crippen LogP contribution in [0.4, 0.5) is 0 Å². The van der Waals surface area contributed by atoms with Crippen LogP contribution in [0.3, 0.4) is 0 Å². The maximum atomic E-state index is 5.59. The molecular formula is C15H17N3O. The van der Waals surface area contributed by atoms with Crippen LogP contribution in [0.5, 0.6) is 0 Å². The van der Waals surface area contributed by atoms with E-state index in [2.05, 4.69) is 35.9 Å². The van der Waals surface area contributed by atoms with E-state index in [1.54, 1.807) is 6.33 Å². The molecule has 2 aromatic heterocycles. The summed E-state index contributed by atoms with van der Waals surface area (Å²) in [7, 11) is 0. The van der Waals surface area contributed by atoms with Crippen LogP contribution in [0, 0.1) is 6.92 Å². The molecule has 0 aliphatic heterocycles. The van der Waals surface area contributed by atoms with Crippen LogP contribution >= 0.6 is 0 Å². The largest absolute Gasteiger partial charge is 0.441 e. The number of hydrogen-bond acceptors (Lipinski definition) is 3. The van der Waals surface area contributed by atoms with Crippen LogP contribution in [0.2, 0.25) is 0 Å². The van der Waals surface area contributed by atoms with Crippen molar-refractivity contribution in [2.24, 2.45) is 0 Å². The zero-order valence-corrected chi connectivity index (χ0v) is 11.4. The lowest BCUT2D eigenvalue weighted by Gasteiger charge is -2.11. The summed E-state index contributed by atoms with van der Waals surface area (Å²) in [5.74, 6) is 0.478. The number of hydrogen-bond donors (Lipinski definition) is 0. The fourth-order valence-corrected chi connectivity index (χ4v) is 2.33. The number of aryl methyl sites for hydroxylation is 1. The molecule has 0 radical (unpaired) electrons. The molecule has 3 aromatic rings. The monoisotopic (exact) mass is 255 g/mol. The average Bonchev–Trinajstić information content (AvgIpc) is 3.05. The van der Waals surface area contributed by atoms with Gasteiger partial charge in [0.25, 0.3) is 0 Å². The Bertz CT molecular complexity index is 711. The summed E-state index contributed by atoms with van der Waals surface area (Å²) in [4.78, 5) is 8.64. The molecule has 98 valence electrons. The lowest BCUT2D eigenvalue weighted by atomic mass is 9.97. The highest BCUT2D eigenvalue weighted by atomic mass is 16.3. The van der Waals surface area contributed by atoms with Gasteiger partial charge >= 0.3 is 0 Å². The highest BCUT2D eigenvalue weighted by Crippen LogP contribution is 2.30. The summed E-state index contributed by atoms with van der Waals surface area (Å²) in [6, 6.07) is 4.22. The van der Waals surface area contributed by atoms with Crippen LogP contribution in [0.15, 0.2) is 35.5 Å². The quantitative estimate of drug-likeness (QED) is 0.714. The fourth-order valence-electron chi connectivity index (χ4n) is 2.33. The molecule has 0 N–H and O–H groups in total. The third kappa shape index (κ3) is 1.93. The summed E-state index contributed by atoms with van der Waals surface area (Å²) in [6.07, 6.45) is 6.39. The van der Waals surface area contributed by atoms with Crippen LogP contribution in [-0.4, -0.2) is 14.5 Å². The lowest BCUT2D eigenvalue weighted by Crippen LogP contribution is -1.97. The SMILES string of the molecule is CCC(C)c1ccc(-n2cnc(C)c2)c2ocnc12. The van der Waals surface area contributed by atoms with Gasteiger partial charge in [-0.3, -0.25) is 0 Å². The van der Waals surface area contributed by atoms with Crippen molar-refractivity contribution in [2.75, 3.05) is 0 Å². The minimum Gasteiger partial charge on any atom is -0.441 e. The Labute approximate surface area is 112 Å². The number of rotatable bonds is 3. The van der Waals surface area contributed by atoms with Crippen molar-refractivity contribution in [3.63, 3.8) is 0 Å². The highest BCUT2D eigenvalue weighted by Gasteiger charge is 2.15. The molecule has 3 rings (SSSR count). The van der Waals surface area contributed by atoms with Gasteiger partial charge in [0.15, 0.2) is 12.0 Å². The van der Waals surface area contributed by atoms with Crippen molar-refractivity contribution in [3.05, 3.63) is 42.3 Å². The van der Waals surface area contributed by atoms with Crippen LogP contribution in [-0.2, 0) is 0 Å². The number of imidazole rings is 1. The van der Waals surface area contributed by atoms with Gasteiger partial charge in [-0.15, -0.1) is 0 Å². The predicted molar refractivity (Wildman–Crippen MR) is 74.6 cm³/mol. The molecule has 0 spiro atoms. The number of oxazole rings is 1. The Morgan fingerprint density at radius 2 is 2.16 bits per heavy atom. The van der Waals surface area contributed by atoms with Crippen molar-refractivity contribution < 1.29 is 4.42 Å². The maximum Gasteiger partial charge on any atom is 0.182 e. The van der Waals surface area contributed by atoms with Crippen LogP contribution in [0.1, 0.15) is 37.4 Å². The van der Waals surface area contributed by atoms with E-state index in [0.717, 1.165) is 28.9 Å². The molecule has 1 unspecified atom stereocenters. The summed E-state index contributed by atoms with van der Waals surface area (Å²) in [6.45, 7) is 6.37. The highest BCUT2D eigenvalue weighted by molar-refractivity contribution is 5.84. The van der Waals surface area contributed by atoms with Gasteiger partial charge < -0.3 is 8.98 Å². The molecule has 2 heterocycles. The van der Waals surface area contributed by atoms with E-state index in [1.807, 2.05) is 17.7 Å². The summed E-state index contributed by atoms with van der Waals surface area (Å²) in [5, 5.41) is 0. The average molecular weight is 255 g/mol. The molecule has 0 bridgehead atoms. The van der Waals surface area contributed by atoms with Gasteiger partial charge in [0, 0.05) is 6.20 Å². The number of fused-ring (bicyclic) bond motifs is 1. The van der Waals surface area contributed by atoms with Crippen molar-refractivity contribution in [1.82, 2.24) is 14.5 Å². The zero-order chi connectivity index (χ0) is 13.4. The third-order valence-electron chi connectivity index (χ3n) is 3.63. The first-order chi connectivity index (χ1) is 9.20. The molecule has 0 saturated heterocycles. The molecule has 4 heteroatoms. The van der Waals surface area contributed by atoms with Crippen molar-refractivity contribution >= 4 is 11.1 Å². The van der Waals surface area contributed by atoms with Crippen LogP contribution < -0.4 is 0 Å². The standard InChI is InChI=1S/C15H17N3O/c1-4-10(2)12-5-6-13(15-14(12)17-9-19-15)18-7-11(3)16-8-18/h5-10H,4H2,1-3H3. The van der Waals surface area contributed by atoms with Gasteiger partial charge in [-0.25, -0.2) is 9.97 Å². The zero-order valence-electron chi connectivity index (χ0n) is 11.4. The smallest absolute Gasteiger partial charge is 0.182 e. The fraction of sp³-hybridized carbons (Fsp3) is 0.333. The molecule has 1 aromatic carbocycles. The number of aromatic nitrogens is 3. The summed E-state index contributed by atoms with van der Waals surface area (Å²) < 4.78 is 7.56. The third-order valence-corrected chi connectivity index (χ3v) is 3.63. The van der Waals surface area contributed by atoms with Gasteiger partial charge in [0.2, 0.25) is 0 Å². The van der Waals surface area contributed by atoms with E-state index in [4.69, 9.17) is 4.42 Å². The Morgan fingerprint density at radius 1 is 1.32 bits per heavy atom. The van der Waals surface area contributed by atoms with Crippen molar-refractivity contribution in [1.29, 1.82) is 0 Å². The van der Waals surface area contributed by atoms with Crippen molar-refractivity contribution in [3.8, 4) is 5.69 Å². The van der Waals surface area contributed by atoms with E-state index in [9.17, 15) is 0 Å². The predicted octanol–water partition coefficient (Wildman–Crippen LogP) is 3.84. The second-order valence-electron chi connectivity index (χ2n) is 4.94. The van der Waals surface area contributed by atoms with Gasteiger partial charge in [-0.05, 0) is 30.9 Å². The molecule has 1 atom stereocenters. The topological polar surface area (TPSA) is 43.9 Å². The molecule has 0 aliphatic rings. The first kappa shape index (κ1) is 12.0. The van der Waals surface area contributed by atoms with Gasteiger partial charge in [-0.2, -0.15) is 0 Å². The molecule has 0 aliphatic carbocycles. The Morgan fingerprint density at radius 3 is 2.84 bits per heavy atom. The summed E-state index contributed by atoms with van der Waals surface area (Å²) in [5.41, 5.74) is 5.00. The lowest BCUT2D eigenvalue weighted by molar-refractivity contribution is 0.599. The van der Waals surface area contributed by atoms with E-state index in [-0.39, 0.29) is 0 Å². The Balaban J connectivity index is 2.21. The Kier molecular flexibility index (Phi) is 2.85. The van der Waals surface area contributed by atoms with Gasteiger partial charge in [0.05, 0.1) is 17.7 Å². The van der Waals surface area contributed by atoms with E-state index >= 15 is 0 Å². The molecule has 0 amide bonds. The van der Waals surface area contributed by atoms with Crippen molar-refractivity contribution in [2.45, 2.75) is 33.1 Å². The number of nitrogens with zero attached hydrogens (tertiary/aromatic N) is 3. The molecule has 0 saturated carbocycles. The second kappa shape index (κ2) is 4.53. The van der Waals surface area contributed by atoms with E-state index < -0.39 is 0 Å². The first-order valence-corrected chi connectivity index (χ1v) is 6.57. The summed E-state index contributed by atoms with van der Waals surface area (Å²) >= 11 is 0. The first-order valence-electron chi connectivity index (χ1n) is 6.57. The normalized spacial score (nSPS) is 13.0. The molecule has 0 fully saturated rings. The van der Waals surface area contributed by atoms with Crippen LogP contribution in [0.25, 0.3) is 16.8 Å². The molecule has 4 nitrogen and oxygen atoms in total. The van der Waals surface area contributed by atoms with E-state index in [0.29, 0.717) is 5.92 Å². The molecular weight excluding hydrogens is 238 g/mol. The van der Waals surface area contributed by atoms with E-state index in [1.165, 1.54) is 12.0 Å². The number of benzene rings is 1. The minimum atomic E-state index is 0.478. The molecule has 19 heavy (non-hydrogen) atoms.